The molecule has 1 aliphatic heterocycles. The van der Waals surface area contributed by atoms with Crippen molar-refractivity contribution in [1.82, 2.24) is 29.3 Å². The summed E-state index contributed by atoms with van der Waals surface area (Å²) in [5, 5.41) is 16.3. The molecule has 2 aromatic carbocycles. The minimum Gasteiger partial charge on any atom is -0.446 e. The van der Waals surface area contributed by atoms with Gasteiger partial charge in [-0.25, -0.2) is 23.9 Å². The monoisotopic (exact) mass is 666 g/mol. The molecule has 5 heterocycles. The zero-order valence-electron chi connectivity index (χ0n) is 26.9. The van der Waals surface area contributed by atoms with Crippen LogP contribution in [0.4, 0.5) is 26.8 Å². The van der Waals surface area contributed by atoms with Crippen molar-refractivity contribution >= 4 is 45.8 Å². The molecular weight excluding hydrogens is 632 g/mol. The van der Waals surface area contributed by atoms with Crippen molar-refractivity contribution in [3.8, 4) is 0 Å². The highest BCUT2D eigenvalue weighted by atomic mass is 16.6. The van der Waals surface area contributed by atoms with Crippen LogP contribution in [-0.2, 0) is 29.0 Å². The van der Waals surface area contributed by atoms with Gasteiger partial charge in [0.1, 0.15) is 17.9 Å². The van der Waals surface area contributed by atoms with Gasteiger partial charge in [0.2, 0.25) is 0 Å². The number of aryl methyl sites for hydroxylation is 2. The fourth-order valence-electron chi connectivity index (χ4n) is 5.99. The maximum atomic E-state index is 13.0. The van der Waals surface area contributed by atoms with Gasteiger partial charge >= 0.3 is 18.0 Å². The predicted octanol–water partition coefficient (Wildman–Crippen LogP) is 5.64. The number of anilines is 3. The number of ether oxygens (including phenoxy) is 2. The van der Waals surface area contributed by atoms with E-state index in [1.807, 2.05) is 54.2 Å². The van der Waals surface area contributed by atoms with Crippen LogP contribution in [0.15, 0.2) is 80.9 Å². The number of rotatable bonds is 9. The van der Waals surface area contributed by atoms with Crippen LogP contribution in [-0.4, -0.2) is 60.7 Å². The summed E-state index contributed by atoms with van der Waals surface area (Å²) in [5.74, 6) is 0.172. The van der Waals surface area contributed by atoms with E-state index in [1.54, 1.807) is 17.6 Å². The number of hydrogen-bond acceptors (Lipinski definition) is 11. The summed E-state index contributed by atoms with van der Waals surface area (Å²) in [7, 11) is 0. The Hall–Kier alpha value is -6.12. The number of piperidine rings is 1. The summed E-state index contributed by atoms with van der Waals surface area (Å²) in [6.07, 6.45) is 4.99. The number of hydrogen-bond donors (Lipinski definition) is 2. The van der Waals surface area contributed by atoms with Crippen molar-refractivity contribution in [2.75, 3.05) is 23.7 Å². The molecular formula is C34H34N8O7. The van der Waals surface area contributed by atoms with Gasteiger partial charge in [0.05, 0.1) is 30.1 Å². The van der Waals surface area contributed by atoms with Crippen molar-refractivity contribution in [1.29, 1.82) is 0 Å². The zero-order chi connectivity index (χ0) is 33.9. The Kier molecular flexibility index (Phi) is 8.70. The Morgan fingerprint density at radius 2 is 1.88 bits per heavy atom. The van der Waals surface area contributed by atoms with Crippen LogP contribution < -0.4 is 16.5 Å². The highest BCUT2D eigenvalue weighted by Crippen LogP contribution is 2.31. The Labute approximate surface area is 279 Å². The third-order valence-electron chi connectivity index (χ3n) is 8.48. The van der Waals surface area contributed by atoms with Crippen molar-refractivity contribution in [2.24, 2.45) is 0 Å². The molecule has 252 valence electrons. The third-order valence-corrected chi connectivity index (χ3v) is 8.48. The van der Waals surface area contributed by atoms with E-state index in [4.69, 9.17) is 18.3 Å². The largest absolute Gasteiger partial charge is 0.519 e. The van der Waals surface area contributed by atoms with Gasteiger partial charge in [-0.1, -0.05) is 37.3 Å². The van der Waals surface area contributed by atoms with Crippen molar-refractivity contribution in [3.05, 3.63) is 101 Å². The lowest BCUT2D eigenvalue weighted by atomic mass is 10.1. The molecule has 6 aromatic rings. The molecule has 4 aromatic heterocycles. The third kappa shape index (κ3) is 6.81. The summed E-state index contributed by atoms with van der Waals surface area (Å²) in [6, 6.07) is 16.2. The molecule has 7 rings (SSSR count). The number of nitrogens with one attached hydrogen (secondary N) is 2. The molecule has 2 amide bonds. The molecule has 0 saturated carbocycles. The van der Waals surface area contributed by atoms with Gasteiger partial charge in [-0.05, 0) is 37.1 Å². The molecule has 15 nitrogen and oxygen atoms in total. The number of aromatic nitrogens is 5. The van der Waals surface area contributed by atoms with Gasteiger partial charge in [-0.15, -0.1) is 0 Å². The lowest BCUT2D eigenvalue weighted by Gasteiger charge is -2.30. The van der Waals surface area contributed by atoms with Gasteiger partial charge in [0, 0.05) is 42.6 Å². The van der Waals surface area contributed by atoms with Crippen LogP contribution in [0.1, 0.15) is 42.4 Å². The molecule has 1 fully saturated rings. The molecule has 0 bridgehead atoms. The number of carbonyl (C=O) groups is 2. The van der Waals surface area contributed by atoms with Crippen LogP contribution in [0.5, 0.6) is 0 Å². The Balaban J connectivity index is 0.977. The highest BCUT2D eigenvalue weighted by Gasteiger charge is 2.27. The SMILES string of the molecule is CCc1c(NC(=O)OC2CCN(C(=O)OCc3oc(=O)oc3C)CC2)cn2ncnc(Nc3ccc4c(cnn4Cc4ccccc4)c3)c12. The number of nitrogens with zero attached hydrogens (tertiary/aromatic N) is 6. The van der Waals surface area contributed by atoms with E-state index >= 15 is 0 Å². The second kappa shape index (κ2) is 13.5. The average molecular weight is 667 g/mol. The van der Waals surface area contributed by atoms with Crippen molar-refractivity contribution < 1.29 is 27.9 Å². The second-order valence-electron chi connectivity index (χ2n) is 11.7. The van der Waals surface area contributed by atoms with E-state index in [-0.39, 0.29) is 24.2 Å². The summed E-state index contributed by atoms with van der Waals surface area (Å²) in [5.41, 5.74) is 5.17. The van der Waals surface area contributed by atoms with E-state index < -0.39 is 18.0 Å². The number of amides is 2. The molecule has 15 heteroatoms. The standard InChI is InChI=1S/C34H34N8O7/c1-3-26-27(39-32(43)48-25-11-13-40(14-12-25)33(44)46-19-29-21(2)47-34(45)49-29)18-42-30(26)31(35-20-37-42)38-24-9-10-28-23(15-24)16-36-41(28)17-22-7-5-4-6-8-22/h4-10,15-16,18,20,25H,3,11-14,17,19H2,1-2H3,(H,39,43)(H,35,37,38). The summed E-state index contributed by atoms with van der Waals surface area (Å²) < 4.78 is 24.3. The first kappa shape index (κ1) is 31.5. The fraction of sp³-hybridized carbons (Fsp3) is 0.294. The van der Waals surface area contributed by atoms with Crippen LogP contribution in [0.25, 0.3) is 16.4 Å². The van der Waals surface area contributed by atoms with E-state index in [9.17, 15) is 14.4 Å². The topological polar surface area (TPSA) is 171 Å². The molecule has 1 aliphatic rings. The van der Waals surface area contributed by atoms with Crippen LogP contribution in [0.2, 0.25) is 0 Å². The minimum absolute atomic E-state index is 0.163. The number of carbonyl (C=O) groups excluding carboxylic acids is 2. The van der Waals surface area contributed by atoms with E-state index in [0.717, 1.165) is 27.7 Å². The van der Waals surface area contributed by atoms with E-state index in [2.05, 4.69) is 37.9 Å². The molecule has 2 N–H and O–H groups in total. The highest BCUT2D eigenvalue weighted by molar-refractivity contribution is 5.91. The van der Waals surface area contributed by atoms with Gasteiger partial charge in [-0.3, -0.25) is 10.00 Å². The van der Waals surface area contributed by atoms with E-state index in [1.165, 1.54) is 16.8 Å². The van der Waals surface area contributed by atoms with E-state index in [0.29, 0.717) is 50.4 Å². The Morgan fingerprint density at radius 1 is 1.06 bits per heavy atom. The predicted molar refractivity (Wildman–Crippen MR) is 178 cm³/mol. The molecule has 0 aliphatic carbocycles. The molecule has 0 spiro atoms. The maximum Gasteiger partial charge on any atom is 0.519 e. The van der Waals surface area contributed by atoms with Crippen LogP contribution >= 0.6 is 0 Å². The molecule has 0 radical (unpaired) electrons. The lowest BCUT2D eigenvalue weighted by Crippen LogP contribution is -2.42. The van der Waals surface area contributed by atoms with Gasteiger partial charge in [0.25, 0.3) is 0 Å². The number of likely N-dealkylation sites (tertiary alicyclic amines) is 1. The second-order valence-corrected chi connectivity index (χ2v) is 11.7. The molecule has 1 saturated heterocycles. The summed E-state index contributed by atoms with van der Waals surface area (Å²) in [4.78, 5) is 42.7. The van der Waals surface area contributed by atoms with Gasteiger partial charge < -0.3 is 28.5 Å². The fourth-order valence-corrected chi connectivity index (χ4v) is 5.99. The van der Waals surface area contributed by atoms with Gasteiger partial charge in [0.15, 0.2) is 23.9 Å². The summed E-state index contributed by atoms with van der Waals surface area (Å²) >= 11 is 0. The minimum atomic E-state index is -0.846. The Bertz CT molecular complexity index is 2180. The normalized spacial score (nSPS) is 13.6. The number of benzene rings is 2. The maximum absolute atomic E-state index is 13.0. The molecule has 0 atom stereocenters. The van der Waals surface area contributed by atoms with Crippen LogP contribution in [0, 0.1) is 6.92 Å². The quantitative estimate of drug-likeness (QED) is 0.196. The first-order valence-corrected chi connectivity index (χ1v) is 15.9. The first-order chi connectivity index (χ1) is 23.8. The molecule has 49 heavy (non-hydrogen) atoms. The average Bonchev–Trinajstić information content (AvgIpc) is 3.77. The first-order valence-electron chi connectivity index (χ1n) is 15.9. The van der Waals surface area contributed by atoms with Crippen molar-refractivity contribution in [3.63, 3.8) is 0 Å². The lowest BCUT2D eigenvalue weighted by molar-refractivity contribution is 0.0432. The number of fused-ring (bicyclic) bond motifs is 2. The Morgan fingerprint density at radius 3 is 2.63 bits per heavy atom. The summed E-state index contributed by atoms with van der Waals surface area (Å²) in [6.45, 7) is 4.69. The van der Waals surface area contributed by atoms with Crippen molar-refractivity contribution in [2.45, 2.75) is 52.4 Å². The molecule has 0 unspecified atom stereocenters. The smallest absolute Gasteiger partial charge is 0.446 e. The van der Waals surface area contributed by atoms with Crippen LogP contribution in [0.3, 0.4) is 0 Å². The zero-order valence-corrected chi connectivity index (χ0v) is 26.9. The van der Waals surface area contributed by atoms with Gasteiger partial charge in [-0.2, -0.15) is 10.2 Å².